The second-order valence-corrected chi connectivity index (χ2v) is 3.04. The Bertz CT molecular complexity index is 360. The van der Waals surface area contributed by atoms with Gasteiger partial charge in [0.05, 0.1) is 6.61 Å². The lowest BCUT2D eigenvalue weighted by Crippen LogP contribution is -1.97. The summed E-state index contributed by atoms with van der Waals surface area (Å²) >= 11 is 0. The highest BCUT2D eigenvalue weighted by Crippen LogP contribution is 2.18. The van der Waals surface area contributed by atoms with Crippen LogP contribution in [0.25, 0.3) is 0 Å². The fourth-order valence-corrected chi connectivity index (χ4v) is 1.05. The lowest BCUT2D eigenvalue weighted by atomic mass is 10.2. The van der Waals surface area contributed by atoms with Gasteiger partial charge in [0.25, 0.3) is 0 Å². The van der Waals surface area contributed by atoms with Crippen LogP contribution >= 0.6 is 0 Å². The van der Waals surface area contributed by atoms with Crippen LogP contribution in [-0.2, 0) is 0 Å². The first-order chi connectivity index (χ1) is 6.74. The summed E-state index contributed by atoms with van der Waals surface area (Å²) in [6, 6.07) is 5.72. The molecule has 0 saturated carbocycles. The number of benzene rings is 1. The van der Waals surface area contributed by atoms with E-state index in [0.717, 1.165) is 23.4 Å². The molecule has 74 valence electrons. The van der Waals surface area contributed by atoms with Crippen molar-refractivity contribution in [2.24, 2.45) is 0 Å². The van der Waals surface area contributed by atoms with E-state index in [1.807, 2.05) is 32.0 Å². The Morgan fingerprint density at radius 1 is 1.43 bits per heavy atom. The van der Waals surface area contributed by atoms with Gasteiger partial charge < -0.3 is 10.5 Å². The van der Waals surface area contributed by atoms with Crippen molar-refractivity contribution in [3.8, 4) is 17.6 Å². The van der Waals surface area contributed by atoms with Gasteiger partial charge in [0.15, 0.2) is 0 Å². The van der Waals surface area contributed by atoms with Crippen molar-refractivity contribution in [1.82, 2.24) is 0 Å². The minimum atomic E-state index is 0.614. The molecule has 1 aromatic rings. The Labute approximate surface area is 85.1 Å². The Morgan fingerprint density at radius 3 is 2.86 bits per heavy atom. The molecule has 0 amide bonds. The summed E-state index contributed by atoms with van der Waals surface area (Å²) in [5.41, 5.74) is 7.59. The zero-order valence-electron chi connectivity index (χ0n) is 8.63. The molecule has 0 unspecified atom stereocenters. The molecule has 0 saturated heterocycles. The first-order valence-electron chi connectivity index (χ1n) is 4.62. The van der Waals surface area contributed by atoms with Gasteiger partial charge in [-0.1, -0.05) is 6.07 Å². The number of anilines is 1. The smallest absolute Gasteiger partial charge is 0.121 e. The molecule has 0 aliphatic heterocycles. The van der Waals surface area contributed by atoms with Gasteiger partial charge in [-0.15, -0.1) is 11.8 Å². The standard InChI is InChI=1S/C12H15NO/c1-3-4-5-8-14-11-7-6-10(2)12(13)9-11/h6-7,9H,5,8,13H2,1-2H3. The van der Waals surface area contributed by atoms with Crippen LogP contribution in [0, 0.1) is 18.8 Å². The predicted molar refractivity (Wildman–Crippen MR) is 59.2 cm³/mol. The SMILES string of the molecule is CC#CCCOc1ccc(C)c(N)c1. The number of nitrogens with two attached hydrogens (primary N) is 1. The molecule has 0 aliphatic rings. The topological polar surface area (TPSA) is 35.2 Å². The molecule has 0 aliphatic carbocycles. The van der Waals surface area contributed by atoms with Crippen LogP contribution in [0.5, 0.6) is 5.75 Å². The van der Waals surface area contributed by atoms with E-state index in [2.05, 4.69) is 11.8 Å². The molecule has 2 heteroatoms. The summed E-state index contributed by atoms with van der Waals surface area (Å²) < 4.78 is 5.46. The van der Waals surface area contributed by atoms with Crippen LogP contribution in [-0.4, -0.2) is 6.61 Å². The zero-order valence-corrected chi connectivity index (χ0v) is 8.63. The normalized spacial score (nSPS) is 9.00. The number of aryl methyl sites for hydroxylation is 1. The van der Waals surface area contributed by atoms with Gasteiger partial charge in [0, 0.05) is 18.2 Å². The minimum absolute atomic E-state index is 0.614. The first-order valence-corrected chi connectivity index (χ1v) is 4.62. The quantitative estimate of drug-likeness (QED) is 0.450. The molecule has 0 spiro atoms. The Balaban J connectivity index is 2.50. The van der Waals surface area contributed by atoms with Gasteiger partial charge in [-0.05, 0) is 25.5 Å². The van der Waals surface area contributed by atoms with Crippen molar-refractivity contribution in [3.05, 3.63) is 23.8 Å². The Hall–Kier alpha value is -1.62. The number of ether oxygens (including phenoxy) is 1. The highest BCUT2D eigenvalue weighted by atomic mass is 16.5. The number of hydrogen-bond acceptors (Lipinski definition) is 2. The van der Waals surface area contributed by atoms with Gasteiger partial charge in [-0.25, -0.2) is 0 Å². The molecule has 0 heterocycles. The van der Waals surface area contributed by atoms with Crippen LogP contribution in [0.15, 0.2) is 18.2 Å². The van der Waals surface area contributed by atoms with Crippen molar-refractivity contribution < 1.29 is 4.74 Å². The third-order valence-corrected chi connectivity index (χ3v) is 1.92. The molecular weight excluding hydrogens is 174 g/mol. The summed E-state index contributed by atoms with van der Waals surface area (Å²) in [6.45, 7) is 4.41. The third-order valence-electron chi connectivity index (χ3n) is 1.92. The van der Waals surface area contributed by atoms with Crippen molar-refractivity contribution >= 4 is 5.69 Å². The molecule has 0 bridgehead atoms. The molecule has 0 aromatic heterocycles. The molecule has 1 aromatic carbocycles. The number of rotatable bonds is 3. The predicted octanol–water partition coefficient (Wildman–Crippen LogP) is 2.37. The minimum Gasteiger partial charge on any atom is -0.493 e. The number of nitrogen functional groups attached to an aromatic ring is 1. The second kappa shape index (κ2) is 5.18. The molecule has 14 heavy (non-hydrogen) atoms. The lowest BCUT2D eigenvalue weighted by molar-refractivity contribution is 0.327. The highest BCUT2D eigenvalue weighted by Gasteiger charge is 1.96. The average molecular weight is 189 g/mol. The molecule has 0 atom stereocenters. The van der Waals surface area contributed by atoms with Crippen LogP contribution in [0.2, 0.25) is 0 Å². The van der Waals surface area contributed by atoms with E-state index in [1.165, 1.54) is 0 Å². The fourth-order valence-electron chi connectivity index (χ4n) is 1.05. The van der Waals surface area contributed by atoms with Crippen molar-refractivity contribution in [3.63, 3.8) is 0 Å². The highest BCUT2D eigenvalue weighted by molar-refractivity contribution is 5.50. The molecule has 0 fully saturated rings. The molecule has 0 radical (unpaired) electrons. The van der Waals surface area contributed by atoms with Crippen LogP contribution < -0.4 is 10.5 Å². The van der Waals surface area contributed by atoms with Crippen LogP contribution in [0.4, 0.5) is 5.69 Å². The summed E-state index contributed by atoms with van der Waals surface area (Å²) in [5, 5.41) is 0. The maximum absolute atomic E-state index is 5.74. The Morgan fingerprint density at radius 2 is 2.21 bits per heavy atom. The van der Waals surface area contributed by atoms with E-state index in [9.17, 15) is 0 Å². The summed E-state index contributed by atoms with van der Waals surface area (Å²) in [5.74, 6) is 6.57. The van der Waals surface area contributed by atoms with Gasteiger partial charge in [0.1, 0.15) is 5.75 Å². The molecule has 1 rings (SSSR count). The maximum Gasteiger partial charge on any atom is 0.121 e. The van der Waals surface area contributed by atoms with E-state index in [4.69, 9.17) is 10.5 Å². The number of hydrogen-bond donors (Lipinski definition) is 1. The average Bonchev–Trinajstić information content (AvgIpc) is 2.18. The van der Waals surface area contributed by atoms with Crippen molar-refractivity contribution in [1.29, 1.82) is 0 Å². The summed E-state index contributed by atoms with van der Waals surface area (Å²) in [6.07, 6.45) is 0.754. The van der Waals surface area contributed by atoms with E-state index in [0.29, 0.717) is 6.61 Å². The molecule has 2 N–H and O–H groups in total. The van der Waals surface area contributed by atoms with Crippen molar-refractivity contribution in [2.45, 2.75) is 20.3 Å². The Kier molecular flexibility index (Phi) is 3.87. The van der Waals surface area contributed by atoms with Gasteiger partial charge in [0.2, 0.25) is 0 Å². The van der Waals surface area contributed by atoms with E-state index < -0.39 is 0 Å². The fraction of sp³-hybridized carbons (Fsp3) is 0.333. The summed E-state index contributed by atoms with van der Waals surface area (Å²) in [7, 11) is 0. The van der Waals surface area contributed by atoms with Gasteiger partial charge in [-0.2, -0.15) is 0 Å². The van der Waals surface area contributed by atoms with Crippen LogP contribution in [0.3, 0.4) is 0 Å². The maximum atomic E-state index is 5.74. The molecule has 2 nitrogen and oxygen atoms in total. The van der Waals surface area contributed by atoms with E-state index in [1.54, 1.807) is 0 Å². The summed E-state index contributed by atoms with van der Waals surface area (Å²) in [4.78, 5) is 0. The first kappa shape index (κ1) is 10.5. The van der Waals surface area contributed by atoms with Gasteiger partial charge >= 0.3 is 0 Å². The largest absolute Gasteiger partial charge is 0.493 e. The van der Waals surface area contributed by atoms with Crippen molar-refractivity contribution in [2.75, 3.05) is 12.3 Å². The molecular formula is C12H15NO. The van der Waals surface area contributed by atoms with Gasteiger partial charge in [-0.3, -0.25) is 0 Å². The van der Waals surface area contributed by atoms with E-state index in [-0.39, 0.29) is 0 Å². The van der Waals surface area contributed by atoms with E-state index >= 15 is 0 Å². The third kappa shape index (κ3) is 3.02. The monoisotopic (exact) mass is 189 g/mol. The van der Waals surface area contributed by atoms with Crippen LogP contribution in [0.1, 0.15) is 18.9 Å². The zero-order chi connectivity index (χ0) is 10.4. The second-order valence-electron chi connectivity index (χ2n) is 3.04. The lowest BCUT2D eigenvalue weighted by Gasteiger charge is -2.06.